The van der Waals surface area contributed by atoms with Gasteiger partial charge >= 0.3 is 0 Å². The zero-order valence-corrected chi connectivity index (χ0v) is 8.90. The topological polar surface area (TPSA) is 38.0 Å². The molecule has 0 heterocycles. The maximum Gasteiger partial charge on any atom is 0.0421 e. The molecule has 0 bridgehead atoms. The van der Waals surface area contributed by atoms with Gasteiger partial charge in [0, 0.05) is 12.6 Å². The lowest BCUT2D eigenvalue weighted by molar-refractivity contribution is 0.654. The number of fused-ring (bicyclic) bond motifs is 1. The molecule has 0 aliphatic heterocycles. The van der Waals surface area contributed by atoms with E-state index in [9.17, 15) is 0 Å². The molecule has 0 aliphatic rings. The summed E-state index contributed by atoms with van der Waals surface area (Å²) in [5.74, 6) is 0. The van der Waals surface area contributed by atoms with E-state index in [1.807, 2.05) is 7.05 Å². The van der Waals surface area contributed by atoms with Crippen LogP contribution in [-0.4, -0.2) is 13.6 Å². The Kier molecular flexibility index (Phi) is 2.99. The molecule has 0 spiro atoms. The fourth-order valence-corrected chi connectivity index (χ4v) is 1.78. The molecule has 0 fully saturated rings. The smallest absolute Gasteiger partial charge is 0.0421 e. The van der Waals surface area contributed by atoms with Crippen molar-refractivity contribution < 1.29 is 0 Å². The Morgan fingerprint density at radius 3 is 2.60 bits per heavy atom. The minimum Gasteiger partial charge on any atom is -0.323 e. The molecular weight excluding hydrogens is 184 g/mol. The maximum atomic E-state index is 6.03. The highest BCUT2D eigenvalue weighted by Gasteiger charge is 2.04. The minimum absolute atomic E-state index is 0.0691. The summed E-state index contributed by atoms with van der Waals surface area (Å²) in [5, 5.41) is 5.60. The van der Waals surface area contributed by atoms with Crippen LogP contribution in [0.15, 0.2) is 42.5 Å². The zero-order chi connectivity index (χ0) is 10.7. The lowest BCUT2D eigenvalue weighted by atomic mass is 10.0. The molecule has 1 unspecified atom stereocenters. The molecular formula is C13H16N2. The fraction of sp³-hybridized carbons (Fsp3) is 0.231. The Hall–Kier alpha value is -1.38. The third-order valence-corrected chi connectivity index (χ3v) is 2.63. The maximum absolute atomic E-state index is 6.03. The van der Waals surface area contributed by atoms with Crippen molar-refractivity contribution >= 4 is 10.8 Å². The van der Waals surface area contributed by atoms with E-state index in [1.165, 1.54) is 16.3 Å². The third kappa shape index (κ3) is 2.17. The summed E-state index contributed by atoms with van der Waals surface area (Å²) in [7, 11) is 1.92. The van der Waals surface area contributed by atoms with Gasteiger partial charge < -0.3 is 11.1 Å². The van der Waals surface area contributed by atoms with Crippen LogP contribution < -0.4 is 11.1 Å². The van der Waals surface area contributed by atoms with E-state index in [2.05, 4.69) is 47.8 Å². The van der Waals surface area contributed by atoms with Gasteiger partial charge in [0.25, 0.3) is 0 Å². The van der Waals surface area contributed by atoms with Gasteiger partial charge in [0.2, 0.25) is 0 Å². The standard InChI is InChI=1S/C13H16N2/c1-15-9-13(14)12-7-6-10-4-2-3-5-11(10)8-12/h2-8,13,15H,9,14H2,1H3. The number of nitrogens with one attached hydrogen (secondary N) is 1. The largest absolute Gasteiger partial charge is 0.323 e. The molecule has 2 heteroatoms. The van der Waals surface area contributed by atoms with E-state index in [0.717, 1.165) is 6.54 Å². The van der Waals surface area contributed by atoms with E-state index >= 15 is 0 Å². The van der Waals surface area contributed by atoms with Gasteiger partial charge in [-0.25, -0.2) is 0 Å². The van der Waals surface area contributed by atoms with Crippen LogP contribution in [-0.2, 0) is 0 Å². The Morgan fingerprint density at radius 2 is 1.87 bits per heavy atom. The molecule has 15 heavy (non-hydrogen) atoms. The molecule has 0 radical (unpaired) electrons. The highest BCUT2D eigenvalue weighted by Crippen LogP contribution is 2.18. The van der Waals surface area contributed by atoms with Crippen molar-refractivity contribution in [2.75, 3.05) is 13.6 Å². The van der Waals surface area contributed by atoms with E-state index < -0.39 is 0 Å². The normalized spacial score (nSPS) is 12.9. The number of likely N-dealkylation sites (N-methyl/N-ethyl adjacent to an activating group) is 1. The third-order valence-electron chi connectivity index (χ3n) is 2.63. The van der Waals surface area contributed by atoms with E-state index in [-0.39, 0.29) is 6.04 Å². The summed E-state index contributed by atoms with van der Waals surface area (Å²) >= 11 is 0. The molecule has 0 saturated heterocycles. The molecule has 3 N–H and O–H groups in total. The first-order valence-electron chi connectivity index (χ1n) is 5.20. The Labute approximate surface area is 90.1 Å². The molecule has 0 aromatic heterocycles. The van der Waals surface area contributed by atoms with Gasteiger partial charge in [0.05, 0.1) is 0 Å². The van der Waals surface area contributed by atoms with Gasteiger partial charge in [-0.2, -0.15) is 0 Å². The van der Waals surface area contributed by atoms with E-state index in [1.54, 1.807) is 0 Å². The molecule has 0 saturated carbocycles. The van der Waals surface area contributed by atoms with Crippen molar-refractivity contribution in [3.63, 3.8) is 0 Å². The Balaban J connectivity index is 2.38. The predicted molar refractivity (Wildman–Crippen MR) is 64.8 cm³/mol. The van der Waals surface area contributed by atoms with Crippen LogP contribution in [0.3, 0.4) is 0 Å². The monoisotopic (exact) mass is 200 g/mol. The number of nitrogens with two attached hydrogens (primary N) is 1. The highest BCUT2D eigenvalue weighted by molar-refractivity contribution is 5.83. The summed E-state index contributed by atoms with van der Waals surface area (Å²) in [5.41, 5.74) is 7.22. The summed E-state index contributed by atoms with van der Waals surface area (Å²) in [6.07, 6.45) is 0. The van der Waals surface area contributed by atoms with Crippen LogP contribution in [0.4, 0.5) is 0 Å². The molecule has 0 aliphatic carbocycles. The first-order chi connectivity index (χ1) is 7.31. The second-order valence-electron chi connectivity index (χ2n) is 3.77. The van der Waals surface area contributed by atoms with E-state index in [4.69, 9.17) is 5.73 Å². The summed E-state index contributed by atoms with van der Waals surface area (Å²) in [6, 6.07) is 14.8. The average Bonchev–Trinajstić information content (AvgIpc) is 2.29. The quantitative estimate of drug-likeness (QED) is 0.796. The molecule has 2 rings (SSSR count). The fourth-order valence-electron chi connectivity index (χ4n) is 1.78. The van der Waals surface area contributed by atoms with Gasteiger partial charge in [0.1, 0.15) is 0 Å². The predicted octanol–water partition coefficient (Wildman–Crippen LogP) is 2.06. The Bertz CT molecular complexity index is 451. The number of rotatable bonds is 3. The van der Waals surface area contributed by atoms with Crippen LogP contribution in [0.1, 0.15) is 11.6 Å². The number of hydrogen-bond donors (Lipinski definition) is 2. The summed E-state index contributed by atoms with van der Waals surface area (Å²) in [4.78, 5) is 0. The van der Waals surface area contributed by atoms with Crippen LogP contribution in [0.2, 0.25) is 0 Å². The summed E-state index contributed by atoms with van der Waals surface area (Å²) < 4.78 is 0. The van der Waals surface area contributed by atoms with Crippen molar-refractivity contribution in [1.82, 2.24) is 5.32 Å². The van der Waals surface area contributed by atoms with Gasteiger partial charge in [-0.1, -0.05) is 36.4 Å². The van der Waals surface area contributed by atoms with Gasteiger partial charge in [0.15, 0.2) is 0 Å². The molecule has 2 aromatic carbocycles. The van der Waals surface area contributed by atoms with Gasteiger partial charge in [-0.05, 0) is 29.4 Å². The van der Waals surface area contributed by atoms with Crippen molar-refractivity contribution in [1.29, 1.82) is 0 Å². The number of hydrogen-bond acceptors (Lipinski definition) is 2. The lowest BCUT2D eigenvalue weighted by Crippen LogP contribution is -2.23. The van der Waals surface area contributed by atoms with Crippen LogP contribution in [0, 0.1) is 0 Å². The summed E-state index contributed by atoms with van der Waals surface area (Å²) in [6.45, 7) is 0.804. The van der Waals surface area contributed by atoms with Gasteiger partial charge in [-0.3, -0.25) is 0 Å². The van der Waals surface area contributed by atoms with Crippen molar-refractivity contribution in [2.45, 2.75) is 6.04 Å². The average molecular weight is 200 g/mol. The number of benzene rings is 2. The van der Waals surface area contributed by atoms with E-state index in [0.29, 0.717) is 0 Å². The highest BCUT2D eigenvalue weighted by atomic mass is 14.9. The molecule has 2 aromatic rings. The first kappa shape index (κ1) is 10.1. The van der Waals surface area contributed by atoms with Crippen LogP contribution in [0.5, 0.6) is 0 Å². The van der Waals surface area contributed by atoms with Crippen LogP contribution in [0.25, 0.3) is 10.8 Å². The second-order valence-corrected chi connectivity index (χ2v) is 3.77. The zero-order valence-electron chi connectivity index (χ0n) is 8.90. The second kappa shape index (κ2) is 4.43. The Morgan fingerprint density at radius 1 is 1.13 bits per heavy atom. The van der Waals surface area contributed by atoms with Crippen molar-refractivity contribution in [2.24, 2.45) is 5.73 Å². The lowest BCUT2D eigenvalue weighted by Gasteiger charge is -2.11. The minimum atomic E-state index is 0.0691. The van der Waals surface area contributed by atoms with Crippen molar-refractivity contribution in [3.8, 4) is 0 Å². The molecule has 1 atom stereocenters. The SMILES string of the molecule is CNCC(N)c1ccc2ccccc2c1. The van der Waals surface area contributed by atoms with Crippen LogP contribution >= 0.6 is 0 Å². The van der Waals surface area contributed by atoms with Crippen molar-refractivity contribution in [3.05, 3.63) is 48.0 Å². The molecule has 2 nitrogen and oxygen atoms in total. The van der Waals surface area contributed by atoms with Gasteiger partial charge in [-0.15, -0.1) is 0 Å². The first-order valence-corrected chi connectivity index (χ1v) is 5.20. The molecule has 0 amide bonds. The molecule has 78 valence electrons.